The molecule has 1 heterocycles. The Hall–Kier alpha value is -2.01. The van der Waals surface area contributed by atoms with Crippen molar-refractivity contribution in [2.75, 3.05) is 10.5 Å². The Morgan fingerprint density at radius 2 is 2.00 bits per heavy atom. The predicted molar refractivity (Wildman–Crippen MR) is 85.8 cm³/mol. The number of hydrogen-bond donors (Lipinski definition) is 1. The molecule has 23 heavy (non-hydrogen) atoms. The zero-order valence-corrected chi connectivity index (χ0v) is 14.5. The Labute approximate surface area is 138 Å². The van der Waals surface area contributed by atoms with E-state index in [1.165, 1.54) is 14.0 Å². The third-order valence-electron chi connectivity index (χ3n) is 2.99. The summed E-state index contributed by atoms with van der Waals surface area (Å²) in [7, 11) is -2.37. The molecule has 124 valence electrons. The van der Waals surface area contributed by atoms with Crippen LogP contribution in [0.5, 0.6) is 0 Å². The average molecular weight is 407 g/mol. The van der Waals surface area contributed by atoms with Gasteiger partial charge in [-0.05, 0) is 35.0 Å². The van der Waals surface area contributed by atoms with Gasteiger partial charge in [-0.2, -0.15) is 9.78 Å². The van der Waals surface area contributed by atoms with Crippen LogP contribution >= 0.6 is 15.9 Å². The monoisotopic (exact) mass is 406 g/mol. The lowest BCUT2D eigenvalue weighted by molar-refractivity contribution is 0.584. The van der Waals surface area contributed by atoms with Gasteiger partial charge < -0.3 is 0 Å². The second-order valence-electron chi connectivity index (χ2n) is 4.53. The van der Waals surface area contributed by atoms with E-state index < -0.39 is 27.1 Å². The first kappa shape index (κ1) is 17.3. The summed E-state index contributed by atoms with van der Waals surface area (Å²) in [4.78, 5) is 23.4. The highest BCUT2D eigenvalue weighted by Crippen LogP contribution is 2.28. The summed E-state index contributed by atoms with van der Waals surface area (Å²) in [6.45, 7) is 1.44. The van der Waals surface area contributed by atoms with Crippen molar-refractivity contribution in [3.05, 3.63) is 49.5 Å². The third-order valence-corrected chi connectivity index (χ3v) is 4.94. The maximum atomic E-state index is 14.1. The zero-order valence-electron chi connectivity index (χ0n) is 12.1. The maximum absolute atomic E-state index is 14.1. The molecule has 8 nitrogen and oxygen atoms in total. The zero-order chi connectivity index (χ0) is 17.4. The summed E-state index contributed by atoms with van der Waals surface area (Å²) in [5.74, 6) is -0.992. The minimum absolute atomic E-state index is 0.0470. The lowest BCUT2D eigenvalue weighted by atomic mass is 10.2. The molecule has 0 saturated heterocycles. The highest BCUT2D eigenvalue weighted by atomic mass is 79.9. The average Bonchev–Trinajstić information content (AvgIpc) is 2.48. The van der Waals surface area contributed by atoms with Crippen molar-refractivity contribution in [1.82, 2.24) is 14.3 Å². The summed E-state index contributed by atoms with van der Waals surface area (Å²) >= 11 is 3.05. The molecule has 0 aliphatic heterocycles. The number of anilines is 1. The van der Waals surface area contributed by atoms with E-state index in [4.69, 9.17) is 0 Å². The first-order valence-corrected chi connectivity index (χ1v) is 8.76. The van der Waals surface area contributed by atoms with Crippen molar-refractivity contribution in [1.29, 1.82) is 0 Å². The summed E-state index contributed by atoms with van der Waals surface area (Å²) in [5.41, 5.74) is -1.74. The fraction of sp³-hybridized carbons (Fsp3) is 0.250. The van der Waals surface area contributed by atoms with Crippen LogP contribution in [0.1, 0.15) is 6.92 Å². The minimum atomic E-state index is -3.60. The molecular formula is C12H12BrFN4O4S. The Morgan fingerprint density at radius 1 is 1.35 bits per heavy atom. The van der Waals surface area contributed by atoms with Crippen molar-refractivity contribution in [2.24, 2.45) is 7.05 Å². The Morgan fingerprint density at radius 3 is 2.61 bits per heavy atom. The number of sulfonamides is 1. The fourth-order valence-corrected chi connectivity index (χ4v) is 2.86. The normalized spacial score (nSPS) is 11.5. The first-order chi connectivity index (χ1) is 10.7. The van der Waals surface area contributed by atoms with Gasteiger partial charge in [-0.3, -0.25) is 14.1 Å². The number of halogens is 2. The SMILES string of the molecule is CCS(=O)(=O)Nc1cc(-n2ncc(=O)n(C)c2=O)c(F)cc1Br. The van der Waals surface area contributed by atoms with Gasteiger partial charge in [0.05, 0.1) is 11.4 Å². The molecule has 0 bridgehead atoms. The van der Waals surface area contributed by atoms with Gasteiger partial charge in [0.25, 0.3) is 5.56 Å². The molecule has 0 amide bonds. The van der Waals surface area contributed by atoms with Crippen LogP contribution in [0.4, 0.5) is 10.1 Å². The summed E-state index contributed by atoms with van der Waals surface area (Å²) < 4.78 is 41.3. The Kier molecular flexibility index (Phi) is 4.71. The Balaban J connectivity index is 2.68. The van der Waals surface area contributed by atoms with E-state index in [0.29, 0.717) is 4.68 Å². The van der Waals surface area contributed by atoms with Gasteiger partial charge in [-0.15, -0.1) is 0 Å². The van der Waals surface area contributed by atoms with Crippen LogP contribution in [0.25, 0.3) is 5.69 Å². The van der Waals surface area contributed by atoms with Crippen molar-refractivity contribution in [3.63, 3.8) is 0 Å². The van der Waals surface area contributed by atoms with E-state index in [1.807, 2.05) is 0 Å². The highest BCUT2D eigenvalue weighted by molar-refractivity contribution is 9.10. The number of nitrogens with one attached hydrogen (secondary N) is 1. The van der Waals surface area contributed by atoms with Crippen molar-refractivity contribution >= 4 is 31.6 Å². The summed E-state index contributed by atoms with van der Waals surface area (Å²) in [6.07, 6.45) is 0.860. The molecule has 0 radical (unpaired) electrons. The van der Waals surface area contributed by atoms with Crippen molar-refractivity contribution < 1.29 is 12.8 Å². The molecule has 0 aliphatic rings. The van der Waals surface area contributed by atoms with E-state index in [0.717, 1.165) is 22.9 Å². The van der Waals surface area contributed by atoms with E-state index >= 15 is 0 Å². The lowest BCUT2D eigenvalue weighted by Gasteiger charge is -2.12. The molecule has 0 spiro atoms. The largest absolute Gasteiger partial charge is 0.352 e. The second kappa shape index (κ2) is 6.24. The molecule has 0 saturated carbocycles. The van der Waals surface area contributed by atoms with Crippen molar-refractivity contribution in [3.8, 4) is 5.69 Å². The number of rotatable bonds is 4. The van der Waals surface area contributed by atoms with Crippen LogP contribution in [-0.2, 0) is 17.1 Å². The highest BCUT2D eigenvalue weighted by Gasteiger charge is 2.16. The van der Waals surface area contributed by atoms with Crippen LogP contribution in [-0.4, -0.2) is 28.5 Å². The number of hydrogen-bond acceptors (Lipinski definition) is 5. The molecule has 0 atom stereocenters. The van der Waals surface area contributed by atoms with Crippen LogP contribution in [0.15, 0.2) is 32.4 Å². The topological polar surface area (TPSA) is 103 Å². The molecular weight excluding hydrogens is 395 g/mol. The van der Waals surface area contributed by atoms with Gasteiger partial charge in [-0.25, -0.2) is 17.6 Å². The summed E-state index contributed by atoms with van der Waals surface area (Å²) in [6, 6.07) is 2.12. The van der Waals surface area contributed by atoms with Gasteiger partial charge in [0, 0.05) is 11.5 Å². The number of nitrogens with zero attached hydrogens (tertiary/aromatic N) is 3. The van der Waals surface area contributed by atoms with E-state index in [1.54, 1.807) is 0 Å². The van der Waals surface area contributed by atoms with Crippen molar-refractivity contribution in [2.45, 2.75) is 6.92 Å². The van der Waals surface area contributed by atoms with Gasteiger partial charge in [-0.1, -0.05) is 0 Å². The molecule has 2 rings (SSSR count). The standard InChI is InChI=1S/C12H12BrFN4O4S/c1-3-23(21,22)16-9-5-10(8(14)4-7(9)13)18-12(20)17(2)11(19)6-15-18/h4-6,16H,3H2,1-2H3. The summed E-state index contributed by atoms with van der Waals surface area (Å²) in [5, 5.41) is 3.60. The predicted octanol–water partition coefficient (Wildman–Crippen LogP) is 0.594. The van der Waals surface area contributed by atoms with Gasteiger partial charge in [0.15, 0.2) is 0 Å². The Bertz CT molecular complexity index is 984. The fourth-order valence-electron chi connectivity index (χ4n) is 1.66. The quantitative estimate of drug-likeness (QED) is 0.800. The number of benzene rings is 1. The number of aromatic nitrogens is 3. The molecule has 2 aromatic rings. The molecule has 11 heteroatoms. The second-order valence-corrected chi connectivity index (χ2v) is 7.39. The van der Waals surface area contributed by atoms with E-state index in [2.05, 4.69) is 25.8 Å². The van der Waals surface area contributed by atoms with Crippen LogP contribution in [0, 0.1) is 5.82 Å². The first-order valence-electron chi connectivity index (χ1n) is 6.31. The van der Waals surface area contributed by atoms with Crippen LogP contribution in [0.2, 0.25) is 0 Å². The molecule has 0 fully saturated rings. The minimum Gasteiger partial charge on any atom is -0.282 e. The van der Waals surface area contributed by atoms with Gasteiger partial charge in [0.2, 0.25) is 10.0 Å². The lowest BCUT2D eigenvalue weighted by Crippen LogP contribution is -2.38. The molecule has 0 unspecified atom stereocenters. The smallest absolute Gasteiger partial charge is 0.282 e. The third kappa shape index (κ3) is 3.50. The van der Waals surface area contributed by atoms with Gasteiger partial charge >= 0.3 is 5.69 Å². The maximum Gasteiger partial charge on any atom is 0.352 e. The molecule has 1 N–H and O–H groups in total. The van der Waals surface area contributed by atoms with Crippen LogP contribution < -0.4 is 16.0 Å². The van der Waals surface area contributed by atoms with Gasteiger partial charge in [0.1, 0.15) is 17.7 Å². The molecule has 0 aliphatic carbocycles. The molecule has 1 aromatic carbocycles. The van der Waals surface area contributed by atoms with E-state index in [-0.39, 0.29) is 21.6 Å². The molecule has 1 aromatic heterocycles. The van der Waals surface area contributed by atoms with Crippen LogP contribution in [0.3, 0.4) is 0 Å². The van der Waals surface area contributed by atoms with E-state index in [9.17, 15) is 22.4 Å².